The standard InChI is InChI=1S/C21H22Cl2N2OS/c1-13-9-14(2)11-16(10-13)12-19(17-5-4-6-18(22)20(17)23)24-21-25(15(3)26)7-8-27-21/h4-6,9-11,19H,7-8,12H2,1-3H3. The van der Waals surface area contributed by atoms with E-state index in [0.29, 0.717) is 23.0 Å². The topological polar surface area (TPSA) is 32.7 Å². The molecule has 6 heteroatoms. The molecule has 1 heterocycles. The molecule has 0 aliphatic carbocycles. The average Bonchev–Trinajstić information content (AvgIpc) is 3.04. The molecule has 0 N–H and O–H groups in total. The fraction of sp³-hybridized carbons (Fsp3) is 0.333. The summed E-state index contributed by atoms with van der Waals surface area (Å²) in [5.74, 6) is 0.874. The Hall–Kier alpha value is -1.49. The van der Waals surface area contributed by atoms with Gasteiger partial charge in [-0.15, -0.1) is 0 Å². The van der Waals surface area contributed by atoms with Crippen LogP contribution < -0.4 is 0 Å². The molecule has 27 heavy (non-hydrogen) atoms. The van der Waals surface area contributed by atoms with Crippen LogP contribution in [0.4, 0.5) is 0 Å². The summed E-state index contributed by atoms with van der Waals surface area (Å²) in [7, 11) is 0. The van der Waals surface area contributed by atoms with E-state index in [4.69, 9.17) is 28.2 Å². The SMILES string of the molecule is CC(=O)N1CCSC1=NC(Cc1cc(C)cc(C)c1)c1cccc(Cl)c1Cl. The van der Waals surface area contributed by atoms with Crippen molar-refractivity contribution < 1.29 is 4.79 Å². The van der Waals surface area contributed by atoms with Gasteiger partial charge in [-0.1, -0.05) is 76.4 Å². The Balaban J connectivity index is 2.03. The first-order chi connectivity index (χ1) is 12.8. The zero-order valence-electron chi connectivity index (χ0n) is 15.6. The summed E-state index contributed by atoms with van der Waals surface area (Å²) in [6.07, 6.45) is 0.693. The monoisotopic (exact) mass is 420 g/mol. The van der Waals surface area contributed by atoms with Gasteiger partial charge in [-0.25, -0.2) is 0 Å². The minimum absolute atomic E-state index is 0.0149. The Labute approximate surface area is 174 Å². The summed E-state index contributed by atoms with van der Waals surface area (Å²) >= 11 is 14.4. The van der Waals surface area contributed by atoms with Crippen LogP contribution in [0.1, 0.15) is 35.2 Å². The number of amidine groups is 1. The summed E-state index contributed by atoms with van der Waals surface area (Å²) in [5.41, 5.74) is 4.51. The first-order valence-electron chi connectivity index (χ1n) is 8.85. The fourth-order valence-corrected chi connectivity index (χ4v) is 4.81. The Morgan fingerprint density at radius 1 is 1.22 bits per heavy atom. The fourth-order valence-electron chi connectivity index (χ4n) is 3.35. The normalized spacial score (nSPS) is 16.8. The van der Waals surface area contributed by atoms with E-state index in [1.54, 1.807) is 29.7 Å². The molecule has 3 nitrogen and oxygen atoms in total. The Bertz CT molecular complexity index is 877. The lowest BCUT2D eigenvalue weighted by atomic mass is 9.97. The molecule has 0 bridgehead atoms. The summed E-state index contributed by atoms with van der Waals surface area (Å²) in [5, 5.41) is 1.80. The quantitative estimate of drug-likeness (QED) is 0.621. The largest absolute Gasteiger partial charge is 0.291 e. The van der Waals surface area contributed by atoms with E-state index < -0.39 is 0 Å². The Morgan fingerprint density at radius 3 is 2.59 bits per heavy atom. The number of halogens is 2. The van der Waals surface area contributed by atoms with Crippen molar-refractivity contribution in [1.29, 1.82) is 0 Å². The number of benzene rings is 2. The van der Waals surface area contributed by atoms with Gasteiger partial charge in [0.25, 0.3) is 0 Å². The van der Waals surface area contributed by atoms with Crippen molar-refractivity contribution in [1.82, 2.24) is 4.90 Å². The zero-order chi connectivity index (χ0) is 19.6. The van der Waals surface area contributed by atoms with Crippen molar-refractivity contribution >= 4 is 46.0 Å². The van der Waals surface area contributed by atoms with Gasteiger partial charge in [-0.3, -0.25) is 14.7 Å². The molecule has 3 rings (SSSR count). The second-order valence-electron chi connectivity index (χ2n) is 6.79. The number of amides is 1. The second kappa shape index (κ2) is 8.68. The summed E-state index contributed by atoms with van der Waals surface area (Å²) < 4.78 is 0. The summed E-state index contributed by atoms with van der Waals surface area (Å²) in [4.78, 5) is 18.6. The number of thioether (sulfide) groups is 1. The minimum atomic E-state index is -0.208. The summed E-state index contributed by atoms with van der Waals surface area (Å²) in [6.45, 7) is 6.45. The van der Waals surface area contributed by atoms with Gasteiger partial charge in [0.05, 0.1) is 16.1 Å². The maximum Gasteiger partial charge on any atom is 0.225 e. The van der Waals surface area contributed by atoms with E-state index in [9.17, 15) is 4.79 Å². The first-order valence-corrected chi connectivity index (χ1v) is 10.6. The molecule has 1 aliphatic heterocycles. The molecular formula is C21H22Cl2N2OS. The number of aliphatic imine (C=N–C) groups is 1. The highest BCUT2D eigenvalue weighted by atomic mass is 35.5. The van der Waals surface area contributed by atoms with Crippen LogP contribution >= 0.6 is 35.0 Å². The van der Waals surface area contributed by atoms with Gasteiger partial charge in [0.1, 0.15) is 0 Å². The smallest absolute Gasteiger partial charge is 0.225 e. The van der Waals surface area contributed by atoms with Crippen LogP contribution in [0.15, 0.2) is 41.4 Å². The molecule has 0 spiro atoms. The Kier molecular flexibility index (Phi) is 6.51. The third-order valence-corrected chi connectivity index (χ3v) is 6.28. The molecule has 1 fully saturated rings. The van der Waals surface area contributed by atoms with Gasteiger partial charge >= 0.3 is 0 Å². The first kappa shape index (κ1) is 20.2. The molecule has 1 unspecified atom stereocenters. The van der Waals surface area contributed by atoms with Crippen molar-refractivity contribution in [3.8, 4) is 0 Å². The van der Waals surface area contributed by atoms with Crippen LogP contribution in [0.25, 0.3) is 0 Å². The molecule has 1 amide bonds. The maximum absolute atomic E-state index is 11.9. The van der Waals surface area contributed by atoms with Gasteiger partial charge in [0, 0.05) is 19.2 Å². The lowest BCUT2D eigenvalue weighted by Crippen LogP contribution is -2.29. The molecule has 1 saturated heterocycles. The number of aryl methyl sites for hydroxylation is 2. The molecule has 2 aromatic carbocycles. The average molecular weight is 421 g/mol. The van der Waals surface area contributed by atoms with Crippen molar-refractivity contribution in [2.45, 2.75) is 33.2 Å². The molecule has 1 aliphatic rings. The van der Waals surface area contributed by atoms with Gasteiger partial charge in [0.15, 0.2) is 5.17 Å². The Morgan fingerprint density at radius 2 is 1.93 bits per heavy atom. The predicted octanol–water partition coefficient (Wildman–Crippen LogP) is 5.85. The number of carbonyl (C=O) groups is 1. The number of carbonyl (C=O) groups excluding carboxylic acids is 1. The van der Waals surface area contributed by atoms with Gasteiger partial charge < -0.3 is 0 Å². The van der Waals surface area contributed by atoms with E-state index >= 15 is 0 Å². The molecule has 0 aromatic heterocycles. The van der Waals surface area contributed by atoms with Crippen LogP contribution in [0.2, 0.25) is 10.0 Å². The number of rotatable bonds is 4. The van der Waals surface area contributed by atoms with E-state index in [1.807, 2.05) is 12.1 Å². The molecule has 142 valence electrons. The van der Waals surface area contributed by atoms with Crippen LogP contribution in [0.3, 0.4) is 0 Å². The van der Waals surface area contributed by atoms with E-state index in [1.165, 1.54) is 16.7 Å². The van der Waals surface area contributed by atoms with Crippen LogP contribution in [-0.4, -0.2) is 28.3 Å². The van der Waals surface area contributed by atoms with E-state index in [0.717, 1.165) is 16.5 Å². The highest BCUT2D eigenvalue weighted by Crippen LogP contribution is 2.35. The highest BCUT2D eigenvalue weighted by Gasteiger charge is 2.26. The van der Waals surface area contributed by atoms with Gasteiger partial charge in [-0.2, -0.15) is 0 Å². The molecule has 0 radical (unpaired) electrons. The minimum Gasteiger partial charge on any atom is -0.291 e. The highest BCUT2D eigenvalue weighted by molar-refractivity contribution is 8.14. The second-order valence-corrected chi connectivity index (χ2v) is 8.64. The molecule has 1 atom stereocenters. The van der Waals surface area contributed by atoms with E-state index in [-0.39, 0.29) is 11.9 Å². The number of hydrogen-bond acceptors (Lipinski definition) is 3. The van der Waals surface area contributed by atoms with Crippen molar-refractivity contribution in [2.24, 2.45) is 4.99 Å². The lowest BCUT2D eigenvalue weighted by molar-refractivity contribution is -0.124. The third kappa shape index (κ3) is 4.87. The van der Waals surface area contributed by atoms with Gasteiger partial charge in [0.2, 0.25) is 5.91 Å². The van der Waals surface area contributed by atoms with Crippen molar-refractivity contribution in [3.63, 3.8) is 0 Å². The number of nitrogens with zero attached hydrogens (tertiary/aromatic N) is 2. The van der Waals surface area contributed by atoms with Crippen molar-refractivity contribution in [2.75, 3.05) is 12.3 Å². The summed E-state index contributed by atoms with van der Waals surface area (Å²) in [6, 6.07) is 11.9. The predicted molar refractivity (Wildman–Crippen MR) is 116 cm³/mol. The third-order valence-electron chi connectivity index (χ3n) is 4.47. The molecular weight excluding hydrogens is 399 g/mol. The van der Waals surface area contributed by atoms with E-state index in [2.05, 4.69) is 32.0 Å². The van der Waals surface area contributed by atoms with Gasteiger partial charge in [-0.05, 0) is 37.5 Å². The van der Waals surface area contributed by atoms with Crippen LogP contribution in [0.5, 0.6) is 0 Å². The maximum atomic E-state index is 11.9. The van der Waals surface area contributed by atoms with Crippen LogP contribution in [0, 0.1) is 13.8 Å². The zero-order valence-corrected chi connectivity index (χ0v) is 18.0. The lowest BCUT2D eigenvalue weighted by Gasteiger charge is -2.20. The molecule has 2 aromatic rings. The van der Waals surface area contributed by atoms with Crippen LogP contribution in [-0.2, 0) is 11.2 Å². The molecule has 0 saturated carbocycles. The number of hydrogen-bond donors (Lipinski definition) is 0. The van der Waals surface area contributed by atoms with Crippen molar-refractivity contribution in [3.05, 3.63) is 68.7 Å².